The summed E-state index contributed by atoms with van der Waals surface area (Å²) in [5, 5.41) is 9.48. The van der Waals surface area contributed by atoms with Gasteiger partial charge in [-0.1, -0.05) is 41.9 Å². The van der Waals surface area contributed by atoms with Gasteiger partial charge in [-0.25, -0.2) is 4.98 Å². The van der Waals surface area contributed by atoms with Crippen LogP contribution < -0.4 is 4.74 Å². The Hall–Kier alpha value is -2.79. The third-order valence-corrected chi connectivity index (χ3v) is 3.50. The molecule has 1 heterocycles. The molecule has 3 rings (SSSR count). The molecule has 0 spiro atoms. The molecular formula is C17H12ClNO4. The normalized spacial score (nSPS) is 10.5. The molecule has 5 nitrogen and oxygen atoms in total. The van der Waals surface area contributed by atoms with E-state index in [0.29, 0.717) is 10.8 Å². The molecule has 0 atom stereocenters. The van der Waals surface area contributed by atoms with Gasteiger partial charge in [0.2, 0.25) is 0 Å². The van der Waals surface area contributed by atoms with Crippen molar-refractivity contribution in [3.05, 3.63) is 65.6 Å². The number of rotatable bonds is 5. The summed E-state index contributed by atoms with van der Waals surface area (Å²) in [5.41, 5.74) is 2.12. The van der Waals surface area contributed by atoms with Gasteiger partial charge in [-0.2, -0.15) is 0 Å². The number of aliphatic carboxylic acids is 1. The molecule has 0 saturated carbocycles. The van der Waals surface area contributed by atoms with Crippen molar-refractivity contribution in [3.63, 3.8) is 0 Å². The van der Waals surface area contributed by atoms with E-state index >= 15 is 0 Å². The molecule has 0 aliphatic rings. The summed E-state index contributed by atoms with van der Waals surface area (Å²) in [7, 11) is 0. The van der Waals surface area contributed by atoms with E-state index in [-0.39, 0.29) is 18.1 Å². The third kappa shape index (κ3) is 3.52. The Morgan fingerprint density at radius 3 is 2.61 bits per heavy atom. The Kier molecular flexibility index (Phi) is 4.30. The Balaban J connectivity index is 1.80. The van der Waals surface area contributed by atoms with Crippen LogP contribution in [0.2, 0.25) is 5.02 Å². The number of halogens is 1. The zero-order chi connectivity index (χ0) is 16.2. The number of hydrogen-bond acceptors (Lipinski definition) is 4. The van der Waals surface area contributed by atoms with Gasteiger partial charge in [0.1, 0.15) is 11.4 Å². The van der Waals surface area contributed by atoms with Crippen LogP contribution in [0.4, 0.5) is 0 Å². The molecule has 6 heteroatoms. The Morgan fingerprint density at radius 2 is 1.91 bits per heavy atom. The quantitative estimate of drug-likeness (QED) is 0.750. The molecule has 1 aromatic heterocycles. The summed E-state index contributed by atoms with van der Waals surface area (Å²) in [6.07, 6.45) is 0.898. The second kappa shape index (κ2) is 6.54. The third-order valence-electron chi connectivity index (χ3n) is 3.17. The van der Waals surface area contributed by atoms with Crippen LogP contribution in [-0.4, -0.2) is 16.1 Å². The molecule has 0 fully saturated rings. The maximum atomic E-state index is 10.8. The maximum absolute atomic E-state index is 10.8. The molecular weight excluding hydrogens is 318 g/mol. The number of carboxylic acid groups (broad SMARTS) is 1. The van der Waals surface area contributed by atoms with Gasteiger partial charge in [0, 0.05) is 10.6 Å². The summed E-state index contributed by atoms with van der Waals surface area (Å²) in [6, 6.07) is 14.8. The van der Waals surface area contributed by atoms with E-state index in [1.807, 2.05) is 36.4 Å². The fraction of sp³-hybridized carbons (Fsp3) is 0.0588. The first kappa shape index (κ1) is 15.1. The first-order valence-electron chi connectivity index (χ1n) is 6.80. The van der Waals surface area contributed by atoms with Gasteiger partial charge < -0.3 is 14.3 Å². The van der Waals surface area contributed by atoms with E-state index in [1.54, 1.807) is 12.1 Å². The molecule has 1 N–H and O–H groups in total. The zero-order valence-electron chi connectivity index (χ0n) is 11.9. The maximum Gasteiger partial charge on any atom is 0.314 e. The minimum Gasteiger partial charge on any atom is -0.481 e. The van der Waals surface area contributed by atoms with Gasteiger partial charge in [-0.05, 0) is 23.8 Å². The van der Waals surface area contributed by atoms with E-state index in [4.69, 9.17) is 25.9 Å². The summed E-state index contributed by atoms with van der Waals surface area (Å²) < 4.78 is 10.6. The van der Waals surface area contributed by atoms with E-state index in [0.717, 1.165) is 17.5 Å². The fourth-order valence-corrected chi connectivity index (χ4v) is 2.35. The van der Waals surface area contributed by atoms with Crippen molar-refractivity contribution in [2.75, 3.05) is 0 Å². The van der Waals surface area contributed by atoms with Crippen LogP contribution in [0.25, 0.3) is 11.1 Å². The Bertz CT molecular complexity index is 827. The summed E-state index contributed by atoms with van der Waals surface area (Å²) in [5.74, 6) is -0.403. The van der Waals surface area contributed by atoms with Crippen LogP contribution in [0.5, 0.6) is 11.7 Å². The lowest BCUT2D eigenvalue weighted by molar-refractivity contribution is -0.136. The van der Waals surface area contributed by atoms with Crippen molar-refractivity contribution in [2.24, 2.45) is 0 Å². The van der Waals surface area contributed by atoms with E-state index in [9.17, 15) is 4.79 Å². The number of benzene rings is 2. The zero-order valence-corrected chi connectivity index (χ0v) is 12.7. The number of hydrogen-bond donors (Lipinski definition) is 1. The minimum atomic E-state index is -1.00. The SMILES string of the molecule is O=C(O)Cc1ncoc1Oc1ccc(-c2ccccc2Cl)cc1. The summed E-state index contributed by atoms with van der Waals surface area (Å²) >= 11 is 6.17. The highest BCUT2D eigenvalue weighted by molar-refractivity contribution is 6.33. The van der Waals surface area contributed by atoms with E-state index in [1.165, 1.54) is 0 Å². The Morgan fingerprint density at radius 1 is 1.17 bits per heavy atom. The largest absolute Gasteiger partial charge is 0.481 e. The van der Waals surface area contributed by atoms with Gasteiger partial charge in [0.15, 0.2) is 6.39 Å². The lowest BCUT2D eigenvalue weighted by Crippen LogP contribution is -2.01. The molecule has 0 aliphatic heterocycles. The number of carbonyl (C=O) groups is 1. The van der Waals surface area contributed by atoms with Crippen molar-refractivity contribution < 1.29 is 19.1 Å². The topological polar surface area (TPSA) is 72.6 Å². The molecule has 0 bridgehead atoms. The molecule has 3 aromatic rings. The first-order chi connectivity index (χ1) is 11.1. The lowest BCUT2D eigenvalue weighted by Gasteiger charge is -2.07. The van der Waals surface area contributed by atoms with Crippen molar-refractivity contribution in [3.8, 4) is 22.8 Å². The van der Waals surface area contributed by atoms with Crippen LogP contribution in [0.3, 0.4) is 0 Å². The molecule has 0 radical (unpaired) electrons. The minimum absolute atomic E-state index is 0.0814. The van der Waals surface area contributed by atoms with Gasteiger partial charge >= 0.3 is 11.9 Å². The predicted molar refractivity (Wildman–Crippen MR) is 84.8 cm³/mol. The van der Waals surface area contributed by atoms with E-state index in [2.05, 4.69) is 4.98 Å². The number of carboxylic acids is 1. The van der Waals surface area contributed by atoms with Crippen molar-refractivity contribution in [1.29, 1.82) is 0 Å². The highest BCUT2D eigenvalue weighted by atomic mass is 35.5. The number of aromatic nitrogens is 1. The van der Waals surface area contributed by atoms with Gasteiger partial charge in [0.25, 0.3) is 0 Å². The fourth-order valence-electron chi connectivity index (χ4n) is 2.11. The number of ether oxygens (including phenoxy) is 1. The van der Waals surface area contributed by atoms with Crippen LogP contribution in [0.1, 0.15) is 5.69 Å². The molecule has 116 valence electrons. The lowest BCUT2D eigenvalue weighted by atomic mass is 10.1. The highest BCUT2D eigenvalue weighted by Crippen LogP contribution is 2.31. The molecule has 0 amide bonds. The van der Waals surface area contributed by atoms with Crippen LogP contribution in [-0.2, 0) is 11.2 Å². The average Bonchev–Trinajstić information content (AvgIpc) is 2.95. The number of nitrogens with zero attached hydrogens (tertiary/aromatic N) is 1. The standard InChI is InChI=1S/C17H12ClNO4/c18-14-4-2-1-3-13(14)11-5-7-12(8-6-11)23-17-15(9-16(20)21)19-10-22-17/h1-8,10H,9H2,(H,20,21). The smallest absolute Gasteiger partial charge is 0.314 e. The monoisotopic (exact) mass is 329 g/mol. The molecule has 0 saturated heterocycles. The highest BCUT2D eigenvalue weighted by Gasteiger charge is 2.14. The Labute approximate surface area is 137 Å². The van der Waals surface area contributed by atoms with Crippen molar-refractivity contribution in [1.82, 2.24) is 4.98 Å². The molecule has 0 aliphatic carbocycles. The van der Waals surface area contributed by atoms with Gasteiger partial charge in [-0.15, -0.1) is 0 Å². The predicted octanol–water partition coefficient (Wildman–Crippen LogP) is 4.41. The van der Waals surface area contributed by atoms with Gasteiger partial charge in [-0.3, -0.25) is 4.79 Å². The van der Waals surface area contributed by atoms with Crippen LogP contribution in [0.15, 0.2) is 59.3 Å². The molecule has 23 heavy (non-hydrogen) atoms. The second-order valence-corrected chi connectivity index (χ2v) is 5.17. The molecule has 2 aromatic carbocycles. The first-order valence-corrected chi connectivity index (χ1v) is 7.18. The van der Waals surface area contributed by atoms with E-state index < -0.39 is 5.97 Å². The van der Waals surface area contributed by atoms with Crippen molar-refractivity contribution in [2.45, 2.75) is 6.42 Å². The average molecular weight is 330 g/mol. The van der Waals surface area contributed by atoms with Gasteiger partial charge in [0.05, 0.1) is 6.42 Å². The summed E-state index contributed by atoms with van der Waals surface area (Å²) in [4.78, 5) is 14.6. The molecule has 0 unspecified atom stereocenters. The van der Waals surface area contributed by atoms with Crippen LogP contribution in [0, 0.1) is 0 Å². The van der Waals surface area contributed by atoms with Crippen molar-refractivity contribution >= 4 is 17.6 Å². The summed E-state index contributed by atoms with van der Waals surface area (Å²) in [6.45, 7) is 0. The second-order valence-electron chi connectivity index (χ2n) is 4.76. The number of oxazole rings is 1. The van der Waals surface area contributed by atoms with Crippen LogP contribution >= 0.6 is 11.6 Å².